The van der Waals surface area contributed by atoms with E-state index in [2.05, 4.69) is 26.4 Å². The minimum absolute atomic E-state index is 0.0275. The molecular weight excluding hydrogens is 400 g/mol. The topological polar surface area (TPSA) is 98.3 Å². The molecule has 2 aromatic rings. The Morgan fingerprint density at radius 2 is 2.00 bits per heavy atom. The molecule has 0 amide bonds. The quantitative estimate of drug-likeness (QED) is 0.417. The van der Waals surface area contributed by atoms with Crippen LogP contribution >= 0.6 is 7.60 Å². The van der Waals surface area contributed by atoms with Crippen molar-refractivity contribution in [3.05, 3.63) is 49.3 Å². The molecule has 1 atom stereocenters. The van der Waals surface area contributed by atoms with E-state index in [1.165, 1.54) is 0 Å². The summed E-state index contributed by atoms with van der Waals surface area (Å²) in [6.07, 6.45) is 2.28. The van der Waals surface area contributed by atoms with Crippen LogP contribution in [0.4, 0.5) is 13.2 Å². The van der Waals surface area contributed by atoms with Crippen LogP contribution < -0.4 is 4.68 Å². The van der Waals surface area contributed by atoms with Crippen LogP contribution in [0.25, 0.3) is 11.4 Å². The predicted octanol–water partition coefficient (Wildman–Crippen LogP) is 2.76. The maximum absolute atomic E-state index is 11.5. The molecule has 0 aliphatic carbocycles. The molecule has 0 fully saturated rings. The maximum atomic E-state index is 11.5. The van der Waals surface area contributed by atoms with Crippen molar-refractivity contribution in [2.24, 2.45) is 0 Å². The van der Waals surface area contributed by atoms with Gasteiger partial charge < -0.3 is 14.2 Å². The van der Waals surface area contributed by atoms with Gasteiger partial charge in [-0.3, -0.25) is 4.57 Å². The largest absolute Gasteiger partial charge is 0.493 e. The van der Waals surface area contributed by atoms with E-state index in [0.29, 0.717) is 12.4 Å². The van der Waals surface area contributed by atoms with Gasteiger partial charge in [0.1, 0.15) is 12.4 Å². The summed E-state index contributed by atoms with van der Waals surface area (Å²) in [4.78, 5) is 17.7. The summed E-state index contributed by atoms with van der Waals surface area (Å²) in [5.74, 6) is -0.577. The summed E-state index contributed by atoms with van der Waals surface area (Å²) in [6.45, 7) is 4.81. The van der Waals surface area contributed by atoms with Crippen LogP contribution in [-0.4, -0.2) is 46.0 Å². The van der Waals surface area contributed by atoms with E-state index < -0.39 is 19.5 Å². The van der Waals surface area contributed by atoms with Gasteiger partial charge in [-0.05, 0) is 18.1 Å². The summed E-state index contributed by atoms with van der Waals surface area (Å²) >= 11 is 0. The van der Waals surface area contributed by atoms with Crippen LogP contribution in [0, 0.1) is 0 Å². The summed E-state index contributed by atoms with van der Waals surface area (Å²) in [5.41, 5.74) is 0.791. The van der Waals surface area contributed by atoms with Crippen molar-refractivity contribution < 1.29 is 36.6 Å². The highest BCUT2D eigenvalue weighted by molar-refractivity contribution is 7.52. The molecule has 2 rings (SSSR count). The van der Waals surface area contributed by atoms with Gasteiger partial charge in [-0.25, -0.2) is 9.97 Å². The van der Waals surface area contributed by atoms with E-state index in [0.717, 1.165) is 12.7 Å². The first kappa shape index (κ1) is 23.7. The number of aryl methyl sites for hydroxylation is 1. The van der Waals surface area contributed by atoms with E-state index >= 15 is 0 Å². The number of rotatable bonds is 7. The highest BCUT2D eigenvalue weighted by Crippen LogP contribution is 2.40. The first-order valence-corrected chi connectivity index (χ1v) is 9.75. The molecular formula is C16H21F3N4O4P+. The molecule has 1 N–H and O–H groups in total. The highest BCUT2D eigenvalue weighted by Gasteiger charge is 2.33. The van der Waals surface area contributed by atoms with E-state index in [1.807, 2.05) is 6.07 Å². The highest BCUT2D eigenvalue weighted by atomic mass is 31.2. The van der Waals surface area contributed by atoms with E-state index in [9.17, 15) is 22.6 Å². The average molecular weight is 421 g/mol. The van der Waals surface area contributed by atoms with Crippen molar-refractivity contribution in [3.63, 3.8) is 0 Å². The van der Waals surface area contributed by atoms with Crippen molar-refractivity contribution in [1.29, 1.82) is 0 Å². The number of nitrogens with zero attached hydrogens (tertiary/aromatic N) is 4. The lowest BCUT2D eigenvalue weighted by Crippen LogP contribution is -2.39. The zero-order valence-corrected chi connectivity index (χ0v) is 16.2. The van der Waals surface area contributed by atoms with Crippen LogP contribution in [-0.2, 0) is 20.4 Å². The molecule has 8 nitrogen and oxygen atoms in total. The van der Waals surface area contributed by atoms with Crippen LogP contribution in [0.2, 0.25) is 0 Å². The molecule has 28 heavy (non-hydrogen) atoms. The predicted molar refractivity (Wildman–Crippen MR) is 94.0 cm³/mol. The number of allylic oxidation sites excluding steroid dienone is 1. The number of ether oxygens (including phenoxy) is 1. The summed E-state index contributed by atoms with van der Waals surface area (Å²) in [7, 11) is -2.59. The minimum Gasteiger partial charge on any atom is -0.493 e. The van der Waals surface area contributed by atoms with Gasteiger partial charge in [0.25, 0.3) is 0 Å². The molecule has 0 bridgehead atoms. The Balaban J connectivity index is 0.000000416. The van der Waals surface area contributed by atoms with Crippen LogP contribution in [0.15, 0.2) is 49.3 Å². The third-order valence-corrected chi connectivity index (χ3v) is 4.53. The fourth-order valence-electron chi connectivity index (χ4n) is 1.71. The summed E-state index contributed by atoms with van der Waals surface area (Å²) in [5, 5.41) is 4.17. The first-order chi connectivity index (χ1) is 13.1. The number of aromatic nitrogens is 4. The van der Waals surface area contributed by atoms with Gasteiger partial charge >= 0.3 is 13.8 Å². The molecule has 1 unspecified atom stereocenters. The van der Waals surface area contributed by atoms with Gasteiger partial charge in [0.05, 0.1) is 13.7 Å². The Morgan fingerprint density at radius 3 is 2.43 bits per heavy atom. The molecule has 0 saturated carbocycles. The number of alkyl halides is 3. The molecule has 0 aliphatic rings. The molecule has 154 valence electrons. The van der Waals surface area contributed by atoms with E-state index in [1.54, 1.807) is 42.5 Å². The fourth-order valence-corrected chi connectivity index (χ4v) is 2.70. The Kier molecular flexibility index (Phi) is 9.17. The smallest absolute Gasteiger partial charge is 0.448 e. The number of hydrogen-bond acceptors (Lipinski definition) is 6. The van der Waals surface area contributed by atoms with Gasteiger partial charge in [0.15, 0.2) is 24.3 Å². The third kappa shape index (κ3) is 8.55. The fraction of sp³-hybridized carbons (Fsp3) is 0.375. The Morgan fingerprint density at radius 1 is 1.36 bits per heavy atom. The molecule has 0 aliphatic heterocycles. The van der Waals surface area contributed by atoms with Gasteiger partial charge in [-0.2, -0.15) is 13.2 Å². The third-order valence-electron chi connectivity index (χ3n) is 3.10. The van der Waals surface area contributed by atoms with Crippen LogP contribution in [0.1, 0.15) is 6.92 Å². The van der Waals surface area contributed by atoms with Gasteiger partial charge in [-0.15, -0.1) is 0 Å². The molecule has 2 heterocycles. The lowest BCUT2D eigenvalue weighted by atomic mass is 10.3. The van der Waals surface area contributed by atoms with Crippen molar-refractivity contribution in [3.8, 4) is 11.4 Å². The molecule has 0 spiro atoms. The zero-order valence-electron chi connectivity index (χ0n) is 15.3. The molecule has 0 aromatic carbocycles. The van der Waals surface area contributed by atoms with Crippen molar-refractivity contribution in [1.82, 2.24) is 15.1 Å². The average Bonchev–Trinajstić information content (AvgIpc) is 2.66. The minimum atomic E-state index is -4.41. The molecule has 0 saturated heterocycles. The number of halogens is 3. The first-order valence-electron chi connectivity index (χ1n) is 7.98. The molecule has 12 heteroatoms. The normalized spacial score (nSPS) is 13.1. The van der Waals surface area contributed by atoms with Crippen LogP contribution in [0.3, 0.4) is 0 Å². The van der Waals surface area contributed by atoms with Crippen molar-refractivity contribution in [2.75, 3.05) is 19.9 Å². The standard InChI is InChI=1S/C12H15N4O3P.C4H5F3O/c1-2-19-20(17,18)9-8-16-7-4-11(10-15-16)12-13-5-3-6-14-12;1-3(8-2)4(5,6)7/h3-7,10H,2,8-9H2,1H3;1H2,2H3/p+1. The zero-order chi connectivity index (χ0) is 21.2. The van der Waals surface area contributed by atoms with E-state index in [4.69, 9.17) is 4.52 Å². The maximum Gasteiger partial charge on any atom is 0.448 e. The monoisotopic (exact) mass is 421 g/mol. The summed E-state index contributed by atoms with van der Waals surface area (Å²) in [6, 6.07) is 3.55. The Labute approximate surface area is 160 Å². The summed E-state index contributed by atoms with van der Waals surface area (Å²) < 4.78 is 55.4. The second kappa shape index (κ2) is 10.8. The van der Waals surface area contributed by atoms with Crippen LogP contribution in [0.5, 0.6) is 0 Å². The van der Waals surface area contributed by atoms with Crippen molar-refractivity contribution in [2.45, 2.75) is 19.6 Å². The van der Waals surface area contributed by atoms with E-state index in [-0.39, 0.29) is 12.8 Å². The second-order valence-electron chi connectivity index (χ2n) is 5.16. The lowest BCUT2D eigenvalue weighted by Gasteiger charge is -2.07. The second-order valence-corrected chi connectivity index (χ2v) is 7.14. The molecule has 0 radical (unpaired) electrons. The SMILES string of the molecule is C=C(OC)C(F)(F)F.CCOP(=O)(O)CC[n+]1ccc(-c2ncccn2)cn1. The number of hydrogen-bond donors (Lipinski definition) is 1. The molecule has 2 aromatic heterocycles. The Bertz CT molecular complexity index is 789. The van der Waals surface area contributed by atoms with Gasteiger partial charge in [-0.1, -0.05) is 11.3 Å². The van der Waals surface area contributed by atoms with Gasteiger partial charge in [0.2, 0.25) is 0 Å². The van der Waals surface area contributed by atoms with Crippen molar-refractivity contribution >= 4 is 7.60 Å². The lowest BCUT2D eigenvalue weighted by molar-refractivity contribution is -0.750. The Hall–Kier alpha value is -2.36. The number of methoxy groups -OCH3 is 1. The van der Waals surface area contributed by atoms with Gasteiger partial charge in [0, 0.05) is 24.0 Å².